The number of likely N-dealkylation sites (N-methyl/N-ethyl adjacent to an activating group) is 1. The Kier molecular flexibility index (Phi) is 14.4. The van der Waals surface area contributed by atoms with E-state index in [0.717, 1.165) is 47.9 Å². The molecule has 0 spiro atoms. The van der Waals surface area contributed by atoms with E-state index in [-0.39, 0.29) is 56.3 Å². The highest BCUT2D eigenvalue weighted by atomic mass is 16.7. The molecule has 1 saturated carbocycles. The molecule has 1 fully saturated rings. The first-order chi connectivity index (χ1) is 30.2. The van der Waals surface area contributed by atoms with E-state index in [1.165, 1.54) is 24.1 Å². The second kappa shape index (κ2) is 20.2. The Morgan fingerprint density at radius 1 is 0.952 bits per heavy atom. The number of benzene rings is 4. The lowest BCUT2D eigenvalue weighted by molar-refractivity contribution is -0.384. The van der Waals surface area contributed by atoms with Crippen molar-refractivity contribution >= 4 is 17.5 Å². The van der Waals surface area contributed by atoms with Gasteiger partial charge in [0.1, 0.15) is 29.9 Å². The van der Waals surface area contributed by atoms with Crippen LogP contribution in [-0.4, -0.2) is 77.6 Å². The van der Waals surface area contributed by atoms with Crippen molar-refractivity contribution in [2.45, 2.75) is 69.3 Å². The Morgan fingerprint density at radius 2 is 1.65 bits per heavy atom. The van der Waals surface area contributed by atoms with Crippen LogP contribution in [0.15, 0.2) is 127 Å². The number of oxime groups is 1. The minimum Gasteiger partial charge on any atom is -0.459 e. The summed E-state index contributed by atoms with van der Waals surface area (Å²) in [5.41, 5.74) is 5.26. The molecule has 6 atom stereocenters. The molecule has 1 amide bonds. The van der Waals surface area contributed by atoms with E-state index in [4.69, 9.17) is 28.9 Å². The highest BCUT2D eigenvalue weighted by molar-refractivity contribution is 6.03. The van der Waals surface area contributed by atoms with Crippen LogP contribution < -0.4 is 9.47 Å². The van der Waals surface area contributed by atoms with E-state index >= 15 is 0 Å². The van der Waals surface area contributed by atoms with E-state index < -0.39 is 28.8 Å². The SMILES string of the molecule is C=CCOC12Oc3ccc(Oc4ccc(-c5ccccc5)cc4)cc3C3C(CCCCO)C(CCCCO)C=C(C(=NOCc4ccc([N+](=O)[O-])cc4)CC1N(C)C(=O)OC)C32. The average Bonchev–Trinajstić information content (AvgIpc) is 3.30. The van der Waals surface area contributed by atoms with Crippen molar-refractivity contribution in [3.63, 3.8) is 0 Å². The van der Waals surface area contributed by atoms with Crippen molar-refractivity contribution in [2.75, 3.05) is 34.0 Å². The van der Waals surface area contributed by atoms with Crippen LogP contribution in [0.4, 0.5) is 10.5 Å². The number of nitrogens with zero attached hydrogens (tertiary/aromatic N) is 3. The standard InChI is InChI=1S/C49H55N3O10/c1-4-28-59-49-45(51(2)48(55)58-3)31-43(50-60-32-33-16-20-37(21-17-33)52(56)57)41-29-36(14-8-10-26-53)40(15-9-11-27-54)46(47(41)49)42-30-39(24-25-44(42)62-49)61-38-22-18-35(19-23-38)34-12-6-5-7-13-34/h4-7,12-13,16-25,29-30,36,40,45-47,53-54H,1,8-11,14-15,26-28,31-32H2,2-3H3. The molecule has 1 aliphatic heterocycles. The van der Waals surface area contributed by atoms with Gasteiger partial charge in [-0.25, -0.2) is 4.79 Å². The molecule has 2 aliphatic carbocycles. The Labute approximate surface area is 362 Å². The summed E-state index contributed by atoms with van der Waals surface area (Å²) < 4.78 is 25.9. The van der Waals surface area contributed by atoms with Crippen LogP contribution in [-0.2, 0) is 20.9 Å². The number of carbonyl (C=O) groups excluding carboxylic acids is 1. The van der Waals surface area contributed by atoms with Crippen molar-refractivity contribution in [3.8, 4) is 28.4 Å². The van der Waals surface area contributed by atoms with Crippen LogP contribution in [0.2, 0.25) is 0 Å². The smallest absolute Gasteiger partial charge is 0.409 e. The predicted molar refractivity (Wildman–Crippen MR) is 235 cm³/mol. The molecule has 7 rings (SSSR count). The second-order valence-electron chi connectivity index (χ2n) is 16.0. The van der Waals surface area contributed by atoms with Crippen molar-refractivity contribution in [2.24, 2.45) is 22.9 Å². The second-order valence-corrected chi connectivity index (χ2v) is 16.0. The normalized spacial score (nSPS) is 22.9. The number of amides is 1. The maximum atomic E-state index is 13.5. The van der Waals surface area contributed by atoms with Gasteiger partial charge in [0.15, 0.2) is 0 Å². The highest BCUT2D eigenvalue weighted by Crippen LogP contribution is 2.62. The molecule has 6 unspecified atom stereocenters. The monoisotopic (exact) mass is 845 g/mol. The molecule has 4 aromatic rings. The van der Waals surface area contributed by atoms with Crippen LogP contribution in [0.25, 0.3) is 11.1 Å². The molecule has 326 valence electrons. The minimum absolute atomic E-state index is 0.0215. The maximum absolute atomic E-state index is 13.5. The van der Waals surface area contributed by atoms with Crippen molar-refractivity contribution in [1.29, 1.82) is 0 Å². The third kappa shape index (κ3) is 9.40. The molecule has 3 aliphatic rings. The number of non-ortho nitro benzene ring substituents is 1. The Balaban J connectivity index is 1.35. The average molecular weight is 846 g/mol. The molecule has 0 bridgehead atoms. The largest absolute Gasteiger partial charge is 0.459 e. The van der Waals surface area contributed by atoms with E-state index in [1.54, 1.807) is 25.3 Å². The number of aliphatic hydroxyl groups is 2. The van der Waals surface area contributed by atoms with Crippen LogP contribution in [0.1, 0.15) is 62.0 Å². The Morgan fingerprint density at radius 3 is 2.32 bits per heavy atom. The number of nitro benzene ring substituents is 1. The fourth-order valence-electron chi connectivity index (χ4n) is 9.44. The van der Waals surface area contributed by atoms with Crippen LogP contribution in [0, 0.1) is 27.9 Å². The van der Waals surface area contributed by atoms with E-state index in [2.05, 4.69) is 24.8 Å². The van der Waals surface area contributed by atoms with Gasteiger partial charge in [0.25, 0.3) is 5.69 Å². The van der Waals surface area contributed by atoms with Gasteiger partial charge in [0, 0.05) is 50.3 Å². The van der Waals surface area contributed by atoms with Gasteiger partial charge < -0.3 is 38.9 Å². The first-order valence-electron chi connectivity index (χ1n) is 21.3. The number of rotatable bonds is 19. The summed E-state index contributed by atoms with van der Waals surface area (Å²) in [6.07, 6.45) is 7.95. The van der Waals surface area contributed by atoms with Gasteiger partial charge in [-0.05, 0) is 102 Å². The van der Waals surface area contributed by atoms with Crippen LogP contribution in [0.5, 0.6) is 17.2 Å². The molecule has 62 heavy (non-hydrogen) atoms. The summed E-state index contributed by atoms with van der Waals surface area (Å²) in [5, 5.41) is 35.9. The summed E-state index contributed by atoms with van der Waals surface area (Å²) in [5.74, 6) is -0.247. The lowest BCUT2D eigenvalue weighted by Crippen LogP contribution is -2.69. The molecular weight excluding hydrogens is 791 g/mol. The topological polar surface area (TPSA) is 162 Å². The molecule has 13 heteroatoms. The lowest BCUT2D eigenvalue weighted by Gasteiger charge is -2.59. The molecule has 0 radical (unpaired) electrons. The summed E-state index contributed by atoms with van der Waals surface area (Å²) in [6.45, 7) is 4.29. The van der Waals surface area contributed by atoms with Crippen molar-refractivity contribution < 1.29 is 43.7 Å². The molecule has 0 saturated heterocycles. The number of carbonyl (C=O) groups is 1. The van der Waals surface area contributed by atoms with Crippen molar-refractivity contribution in [1.82, 2.24) is 4.90 Å². The third-order valence-corrected chi connectivity index (χ3v) is 12.3. The first-order valence-corrected chi connectivity index (χ1v) is 21.3. The molecule has 2 N–H and O–H groups in total. The predicted octanol–water partition coefficient (Wildman–Crippen LogP) is 9.59. The summed E-state index contributed by atoms with van der Waals surface area (Å²) in [6, 6.07) is 29.3. The number of unbranched alkanes of at least 4 members (excludes halogenated alkanes) is 2. The zero-order valence-corrected chi connectivity index (χ0v) is 35.3. The fourth-order valence-corrected chi connectivity index (χ4v) is 9.44. The van der Waals surface area contributed by atoms with E-state index in [9.17, 15) is 25.1 Å². The Hall–Kier alpha value is -6.02. The van der Waals surface area contributed by atoms with Gasteiger partial charge in [0.05, 0.1) is 30.3 Å². The maximum Gasteiger partial charge on any atom is 0.409 e. The molecular formula is C49H55N3O10. The zero-order chi connectivity index (χ0) is 43.6. The molecule has 0 aromatic heterocycles. The van der Waals surface area contributed by atoms with Gasteiger partial charge in [-0.1, -0.05) is 72.6 Å². The van der Waals surface area contributed by atoms with E-state index in [1.807, 2.05) is 60.7 Å². The van der Waals surface area contributed by atoms with Gasteiger partial charge >= 0.3 is 6.09 Å². The number of ether oxygens (including phenoxy) is 4. The van der Waals surface area contributed by atoms with Crippen LogP contribution >= 0.6 is 0 Å². The third-order valence-electron chi connectivity index (χ3n) is 12.3. The number of hydrogen-bond donors (Lipinski definition) is 2. The minimum atomic E-state index is -1.43. The summed E-state index contributed by atoms with van der Waals surface area (Å²) in [7, 11) is 2.99. The number of allylic oxidation sites excluding steroid dienone is 1. The first kappa shape index (κ1) is 44.0. The number of methoxy groups -OCH3 is 1. The summed E-state index contributed by atoms with van der Waals surface area (Å²) >= 11 is 0. The lowest BCUT2D eigenvalue weighted by atomic mass is 9.55. The number of nitro groups is 1. The van der Waals surface area contributed by atoms with Gasteiger partial charge in [-0.2, -0.15) is 0 Å². The zero-order valence-electron chi connectivity index (χ0n) is 35.3. The fraction of sp³-hybridized carbons (Fsp3) is 0.388. The molecule has 13 nitrogen and oxygen atoms in total. The quantitative estimate of drug-likeness (QED) is 0.0402. The van der Waals surface area contributed by atoms with Gasteiger partial charge in [-0.3, -0.25) is 10.1 Å². The summed E-state index contributed by atoms with van der Waals surface area (Å²) in [4.78, 5) is 31.9. The number of aliphatic hydroxyl groups excluding tert-OH is 2. The van der Waals surface area contributed by atoms with Crippen molar-refractivity contribution in [3.05, 3.63) is 143 Å². The Bertz CT molecular complexity index is 2230. The van der Waals surface area contributed by atoms with Gasteiger partial charge in [-0.15, -0.1) is 6.58 Å². The highest BCUT2D eigenvalue weighted by Gasteiger charge is 2.65. The van der Waals surface area contributed by atoms with E-state index in [0.29, 0.717) is 41.4 Å². The number of hydrogen-bond acceptors (Lipinski definition) is 11. The molecule has 1 heterocycles. The number of fused-ring (bicyclic) bond motifs is 2. The molecule has 4 aromatic carbocycles. The van der Waals surface area contributed by atoms with Crippen LogP contribution in [0.3, 0.4) is 0 Å². The van der Waals surface area contributed by atoms with Gasteiger partial charge in [0.2, 0.25) is 5.79 Å².